The first-order chi connectivity index (χ1) is 18.0. The fourth-order valence-corrected chi connectivity index (χ4v) is 4.18. The number of hydrogen-bond donors (Lipinski definition) is 1. The Morgan fingerprint density at radius 2 is 1.81 bits per heavy atom. The molecule has 37 heavy (non-hydrogen) atoms. The lowest BCUT2D eigenvalue weighted by Gasteiger charge is -2.22. The summed E-state index contributed by atoms with van der Waals surface area (Å²) in [7, 11) is 1.56. The van der Waals surface area contributed by atoms with Gasteiger partial charge >= 0.3 is 5.97 Å². The molecule has 0 aliphatic rings. The molecule has 0 saturated carbocycles. The smallest absolute Gasteiger partial charge is 0.310 e. The summed E-state index contributed by atoms with van der Waals surface area (Å²) >= 11 is 0. The predicted molar refractivity (Wildman–Crippen MR) is 135 cm³/mol. The third kappa shape index (κ3) is 6.16. The average molecular weight is 503 g/mol. The number of hydrogen-bond acceptors (Lipinski definition) is 8. The molecule has 0 aliphatic heterocycles. The number of carboxylic acid groups (broad SMARTS) is 1. The summed E-state index contributed by atoms with van der Waals surface area (Å²) < 4.78 is 11.4. The lowest BCUT2D eigenvalue weighted by molar-refractivity contribution is -0.152. The van der Waals surface area contributed by atoms with E-state index in [1.165, 1.54) is 0 Å². The van der Waals surface area contributed by atoms with Crippen LogP contribution in [0.25, 0.3) is 22.0 Å². The number of aromatic nitrogens is 4. The van der Waals surface area contributed by atoms with E-state index in [4.69, 9.17) is 9.47 Å². The first-order valence-electron chi connectivity index (χ1n) is 11.7. The SMILES string of the molecule is COc1ccc(-c2ccc(CCC(OC=O)C(CCn3nnc4ccccc4c3=O)C(=O)O)cc2)cn1. The van der Waals surface area contributed by atoms with E-state index in [1.807, 2.05) is 30.3 Å². The summed E-state index contributed by atoms with van der Waals surface area (Å²) in [5.41, 5.74) is 2.99. The molecule has 2 heterocycles. The van der Waals surface area contributed by atoms with Crippen molar-refractivity contribution >= 4 is 23.3 Å². The standard InChI is InChI=1S/C27H26N4O6/c1-36-25-13-11-20(16-28-25)19-9-6-18(7-10-19)8-12-24(37-17-32)22(27(34)35)14-15-31-26(33)21-4-2-3-5-23(21)29-30-31/h2-7,9-11,13,16-17,22,24H,8,12,14-15H2,1H3,(H,34,35). The minimum absolute atomic E-state index is 0.0247. The first kappa shape index (κ1) is 25.5. The van der Waals surface area contributed by atoms with Gasteiger partial charge in [-0.05, 0) is 48.6 Å². The molecule has 0 fully saturated rings. The molecule has 2 unspecified atom stereocenters. The monoisotopic (exact) mass is 502 g/mol. The summed E-state index contributed by atoms with van der Waals surface area (Å²) in [6.07, 6.45) is 1.70. The number of fused-ring (bicyclic) bond motifs is 1. The number of rotatable bonds is 12. The van der Waals surface area contributed by atoms with Gasteiger partial charge < -0.3 is 14.6 Å². The van der Waals surface area contributed by atoms with Gasteiger partial charge in [-0.2, -0.15) is 0 Å². The van der Waals surface area contributed by atoms with Crippen LogP contribution in [-0.4, -0.2) is 50.7 Å². The molecule has 190 valence electrons. The van der Waals surface area contributed by atoms with Crippen LogP contribution < -0.4 is 10.3 Å². The van der Waals surface area contributed by atoms with Crippen LogP contribution >= 0.6 is 0 Å². The highest BCUT2D eigenvalue weighted by atomic mass is 16.5. The van der Waals surface area contributed by atoms with Gasteiger partial charge in [-0.3, -0.25) is 14.4 Å². The summed E-state index contributed by atoms with van der Waals surface area (Å²) in [6, 6.07) is 18.3. The number of carboxylic acids is 1. The van der Waals surface area contributed by atoms with Crippen molar-refractivity contribution in [2.24, 2.45) is 5.92 Å². The van der Waals surface area contributed by atoms with Crippen LogP contribution in [0.2, 0.25) is 0 Å². The first-order valence-corrected chi connectivity index (χ1v) is 11.7. The quantitative estimate of drug-likeness (QED) is 0.290. The van der Waals surface area contributed by atoms with Crippen LogP contribution in [0.15, 0.2) is 71.7 Å². The zero-order valence-corrected chi connectivity index (χ0v) is 20.2. The molecule has 1 N–H and O–H groups in total. The molecule has 0 aliphatic carbocycles. The third-order valence-corrected chi connectivity index (χ3v) is 6.23. The van der Waals surface area contributed by atoms with E-state index in [2.05, 4.69) is 15.3 Å². The molecule has 2 aromatic carbocycles. The minimum Gasteiger partial charge on any atom is -0.481 e. The molecular formula is C27H26N4O6. The summed E-state index contributed by atoms with van der Waals surface area (Å²) in [5, 5.41) is 18.2. The molecule has 0 amide bonds. The molecule has 0 saturated heterocycles. The maximum absolute atomic E-state index is 12.7. The van der Waals surface area contributed by atoms with E-state index in [1.54, 1.807) is 43.6 Å². The van der Waals surface area contributed by atoms with Crippen LogP contribution in [0, 0.1) is 5.92 Å². The molecule has 10 nitrogen and oxygen atoms in total. The molecule has 0 spiro atoms. The van der Waals surface area contributed by atoms with Crippen molar-refractivity contribution in [2.45, 2.75) is 31.9 Å². The van der Waals surface area contributed by atoms with Gasteiger partial charge in [0.2, 0.25) is 5.88 Å². The number of benzene rings is 2. The van der Waals surface area contributed by atoms with Crippen molar-refractivity contribution in [3.63, 3.8) is 0 Å². The van der Waals surface area contributed by atoms with Crippen molar-refractivity contribution in [3.8, 4) is 17.0 Å². The summed E-state index contributed by atoms with van der Waals surface area (Å²) in [6.45, 7) is 0.291. The van der Waals surface area contributed by atoms with Gasteiger partial charge in [-0.15, -0.1) is 5.10 Å². The van der Waals surface area contributed by atoms with Gasteiger partial charge in [0.25, 0.3) is 12.0 Å². The molecule has 2 atom stereocenters. The second kappa shape index (κ2) is 11.9. The Morgan fingerprint density at radius 1 is 1.05 bits per heavy atom. The molecule has 10 heteroatoms. The Bertz CT molecular complexity index is 1420. The Balaban J connectivity index is 1.42. The Labute approximate surface area is 212 Å². The Kier molecular flexibility index (Phi) is 8.19. The molecule has 4 rings (SSSR count). The summed E-state index contributed by atoms with van der Waals surface area (Å²) in [4.78, 5) is 40.1. The minimum atomic E-state index is -1.11. The molecule has 2 aromatic heterocycles. The number of pyridine rings is 1. The highest BCUT2D eigenvalue weighted by molar-refractivity contribution is 5.76. The number of ether oxygens (including phenoxy) is 2. The third-order valence-electron chi connectivity index (χ3n) is 6.23. The van der Waals surface area contributed by atoms with Gasteiger partial charge in [0.1, 0.15) is 11.6 Å². The molecule has 0 radical (unpaired) electrons. The largest absolute Gasteiger partial charge is 0.481 e. The van der Waals surface area contributed by atoms with Crippen molar-refractivity contribution < 1.29 is 24.2 Å². The fourth-order valence-electron chi connectivity index (χ4n) is 4.18. The van der Waals surface area contributed by atoms with Crippen molar-refractivity contribution in [1.82, 2.24) is 20.0 Å². The maximum Gasteiger partial charge on any atom is 0.310 e. The number of aryl methyl sites for hydroxylation is 2. The highest BCUT2D eigenvalue weighted by Gasteiger charge is 2.29. The van der Waals surface area contributed by atoms with Gasteiger partial charge in [-0.25, -0.2) is 9.67 Å². The van der Waals surface area contributed by atoms with Crippen molar-refractivity contribution in [2.75, 3.05) is 7.11 Å². The van der Waals surface area contributed by atoms with Gasteiger partial charge in [-0.1, -0.05) is 41.6 Å². The van der Waals surface area contributed by atoms with E-state index in [9.17, 15) is 19.5 Å². The van der Waals surface area contributed by atoms with Crippen LogP contribution in [0.1, 0.15) is 18.4 Å². The molecular weight excluding hydrogens is 476 g/mol. The Hall–Kier alpha value is -4.60. The second-order valence-corrected chi connectivity index (χ2v) is 8.46. The molecule has 0 bridgehead atoms. The van der Waals surface area contributed by atoms with Crippen LogP contribution in [-0.2, 0) is 27.3 Å². The topological polar surface area (TPSA) is 134 Å². The zero-order chi connectivity index (χ0) is 26.2. The lowest BCUT2D eigenvalue weighted by Crippen LogP contribution is -2.34. The normalized spacial score (nSPS) is 12.6. The number of carbonyl (C=O) groups excluding carboxylic acids is 1. The van der Waals surface area contributed by atoms with Gasteiger partial charge in [0, 0.05) is 24.4 Å². The van der Waals surface area contributed by atoms with Crippen LogP contribution in [0.4, 0.5) is 0 Å². The van der Waals surface area contributed by atoms with E-state index in [0.717, 1.165) is 21.4 Å². The van der Waals surface area contributed by atoms with E-state index >= 15 is 0 Å². The average Bonchev–Trinajstić information content (AvgIpc) is 2.93. The van der Waals surface area contributed by atoms with Crippen molar-refractivity contribution in [1.29, 1.82) is 0 Å². The highest BCUT2D eigenvalue weighted by Crippen LogP contribution is 2.23. The number of aliphatic carboxylic acids is 1. The van der Waals surface area contributed by atoms with Gasteiger partial charge in [0.05, 0.1) is 18.4 Å². The Morgan fingerprint density at radius 3 is 2.49 bits per heavy atom. The number of nitrogens with zero attached hydrogens (tertiary/aromatic N) is 4. The van der Waals surface area contributed by atoms with Crippen molar-refractivity contribution in [3.05, 3.63) is 82.8 Å². The van der Waals surface area contributed by atoms with E-state index < -0.39 is 18.0 Å². The maximum atomic E-state index is 12.7. The van der Waals surface area contributed by atoms with E-state index in [0.29, 0.717) is 29.6 Å². The fraction of sp³-hybridized carbons (Fsp3) is 0.259. The lowest BCUT2D eigenvalue weighted by atomic mass is 9.93. The van der Waals surface area contributed by atoms with Crippen LogP contribution in [0.5, 0.6) is 5.88 Å². The summed E-state index contributed by atoms with van der Waals surface area (Å²) in [5.74, 6) is -1.60. The molecule has 4 aromatic rings. The predicted octanol–water partition coefficient (Wildman–Crippen LogP) is 3.13. The van der Waals surface area contributed by atoms with Crippen LogP contribution in [0.3, 0.4) is 0 Å². The second-order valence-electron chi connectivity index (χ2n) is 8.46. The van der Waals surface area contributed by atoms with E-state index in [-0.39, 0.29) is 25.0 Å². The number of carbonyl (C=O) groups is 2. The van der Waals surface area contributed by atoms with Gasteiger partial charge in [0.15, 0.2) is 0 Å². The number of methoxy groups -OCH3 is 1. The zero-order valence-electron chi connectivity index (χ0n) is 20.2.